The van der Waals surface area contributed by atoms with Crippen LogP contribution in [-0.2, 0) is 11.0 Å². The van der Waals surface area contributed by atoms with Crippen LogP contribution in [0.1, 0.15) is 31.0 Å². The number of amides is 1. The molecule has 0 saturated heterocycles. The zero-order valence-corrected chi connectivity index (χ0v) is 13.3. The molecule has 0 radical (unpaired) electrons. The van der Waals surface area contributed by atoms with E-state index < -0.39 is 29.8 Å². The molecule has 2 aromatic carbocycles. The molecule has 0 aliphatic carbocycles. The van der Waals surface area contributed by atoms with Crippen LogP contribution in [0.25, 0.3) is 0 Å². The monoisotopic (exact) mass is 337 g/mol. The lowest BCUT2D eigenvalue weighted by Crippen LogP contribution is -2.37. The number of benzene rings is 2. The van der Waals surface area contributed by atoms with Gasteiger partial charge in [0.15, 0.2) is 6.10 Å². The van der Waals surface area contributed by atoms with Crippen molar-refractivity contribution in [2.75, 3.05) is 0 Å². The van der Waals surface area contributed by atoms with E-state index >= 15 is 0 Å². The largest absolute Gasteiger partial charge is 0.481 e. The lowest BCUT2D eigenvalue weighted by Gasteiger charge is -2.19. The number of ether oxygens (including phenoxy) is 1. The first kappa shape index (κ1) is 17.8. The second kappa shape index (κ2) is 7.38. The molecule has 6 heteroatoms. The first-order chi connectivity index (χ1) is 11.3. The minimum atomic E-state index is -4.41. The van der Waals surface area contributed by atoms with Gasteiger partial charge in [0.1, 0.15) is 5.75 Å². The van der Waals surface area contributed by atoms with Gasteiger partial charge in [-0.2, -0.15) is 13.2 Å². The summed E-state index contributed by atoms with van der Waals surface area (Å²) in [5.41, 5.74) is -0.361. The summed E-state index contributed by atoms with van der Waals surface area (Å²) >= 11 is 0. The first-order valence-electron chi connectivity index (χ1n) is 7.46. The maximum Gasteiger partial charge on any atom is 0.416 e. The minimum Gasteiger partial charge on any atom is -0.481 e. The molecule has 0 spiro atoms. The molecule has 2 atom stereocenters. The molecule has 24 heavy (non-hydrogen) atoms. The smallest absolute Gasteiger partial charge is 0.416 e. The van der Waals surface area contributed by atoms with Gasteiger partial charge in [-0.05, 0) is 43.7 Å². The highest BCUT2D eigenvalue weighted by molar-refractivity contribution is 5.81. The maximum atomic E-state index is 12.8. The predicted octanol–water partition coefficient (Wildman–Crippen LogP) is 4.35. The van der Waals surface area contributed by atoms with Crippen LogP contribution in [0.15, 0.2) is 54.6 Å². The molecule has 0 aliphatic rings. The van der Waals surface area contributed by atoms with Crippen molar-refractivity contribution < 1.29 is 22.7 Å². The quantitative estimate of drug-likeness (QED) is 0.881. The Labute approximate surface area is 138 Å². The molecule has 0 heterocycles. The zero-order chi connectivity index (χ0) is 17.7. The number of para-hydroxylation sites is 1. The van der Waals surface area contributed by atoms with E-state index in [2.05, 4.69) is 5.32 Å². The van der Waals surface area contributed by atoms with E-state index in [0.29, 0.717) is 11.3 Å². The summed E-state index contributed by atoms with van der Waals surface area (Å²) in [6.07, 6.45) is -5.18. The average molecular weight is 337 g/mol. The molecule has 2 aromatic rings. The Morgan fingerprint density at radius 1 is 1.04 bits per heavy atom. The van der Waals surface area contributed by atoms with Crippen LogP contribution in [0.2, 0.25) is 0 Å². The maximum absolute atomic E-state index is 12.8. The Kier molecular flexibility index (Phi) is 5.49. The zero-order valence-electron chi connectivity index (χ0n) is 13.3. The van der Waals surface area contributed by atoms with Crippen molar-refractivity contribution in [2.45, 2.75) is 32.2 Å². The van der Waals surface area contributed by atoms with Crippen LogP contribution in [0, 0.1) is 0 Å². The topological polar surface area (TPSA) is 38.3 Å². The number of carbonyl (C=O) groups excluding carboxylic acids is 1. The van der Waals surface area contributed by atoms with E-state index in [-0.39, 0.29) is 0 Å². The van der Waals surface area contributed by atoms with Crippen LogP contribution in [0.3, 0.4) is 0 Å². The summed E-state index contributed by atoms with van der Waals surface area (Å²) in [6.45, 7) is 3.21. The summed E-state index contributed by atoms with van der Waals surface area (Å²) in [5, 5.41) is 2.66. The molecular formula is C18H18F3NO2. The summed E-state index contributed by atoms with van der Waals surface area (Å²) in [7, 11) is 0. The SMILES string of the molecule is CC(Oc1ccccc1)C(=O)NC(C)c1cccc(C(F)(F)F)c1. The van der Waals surface area contributed by atoms with Crippen molar-refractivity contribution in [2.24, 2.45) is 0 Å². The third kappa shape index (κ3) is 4.75. The molecule has 1 amide bonds. The van der Waals surface area contributed by atoms with Gasteiger partial charge in [0.05, 0.1) is 11.6 Å². The van der Waals surface area contributed by atoms with E-state index in [1.807, 2.05) is 6.07 Å². The Morgan fingerprint density at radius 3 is 2.33 bits per heavy atom. The molecule has 0 bridgehead atoms. The van der Waals surface area contributed by atoms with Crippen molar-refractivity contribution in [3.05, 3.63) is 65.7 Å². The van der Waals surface area contributed by atoms with Gasteiger partial charge in [-0.3, -0.25) is 4.79 Å². The van der Waals surface area contributed by atoms with Gasteiger partial charge < -0.3 is 10.1 Å². The highest BCUT2D eigenvalue weighted by Crippen LogP contribution is 2.30. The fourth-order valence-corrected chi connectivity index (χ4v) is 2.16. The summed E-state index contributed by atoms with van der Waals surface area (Å²) in [4.78, 5) is 12.2. The van der Waals surface area contributed by atoms with Crippen LogP contribution < -0.4 is 10.1 Å². The van der Waals surface area contributed by atoms with E-state index in [9.17, 15) is 18.0 Å². The number of nitrogens with one attached hydrogen (secondary N) is 1. The van der Waals surface area contributed by atoms with E-state index in [4.69, 9.17) is 4.74 Å². The molecule has 0 aromatic heterocycles. The molecule has 1 N–H and O–H groups in total. The highest BCUT2D eigenvalue weighted by atomic mass is 19.4. The number of alkyl halides is 3. The summed E-state index contributed by atoms with van der Waals surface area (Å²) in [6, 6.07) is 13.2. The molecule has 3 nitrogen and oxygen atoms in total. The standard InChI is InChI=1S/C18H18F3NO2/c1-12(14-7-6-8-15(11-14)18(19,20)21)22-17(23)13(2)24-16-9-4-3-5-10-16/h3-13H,1-2H3,(H,22,23). The second-order valence-corrected chi connectivity index (χ2v) is 5.43. The second-order valence-electron chi connectivity index (χ2n) is 5.43. The number of carbonyl (C=O) groups is 1. The van der Waals surface area contributed by atoms with Gasteiger partial charge in [-0.25, -0.2) is 0 Å². The molecule has 0 fully saturated rings. The minimum absolute atomic E-state index is 0.380. The number of hydrogen-bond acceptors (Lipinski definition) is 2. The fraction of sp³-hybridized carbons (Fsp3) is 0.278. The highest BCUT2D eigenvalue weighted by Gasteiger charge is 2.31. The number of hydrogen-bond donors (Lipinski definition) is 1. The van der Waals surface area contributed by atoms with E-state index in [1.165, 1.54) is 6.07 Å². The molecule has 0 saturated carbocycles. The molecule has 2 unspecified atom stereocenters. The lowest BCUT2D eigenvalue weighted by atomic mass is 10.0. The van der Waals surface area contributed by atoms with Crippen molar-refractivity contribution in [1.82, 2.24) is 5.32 Å². The predicted molar refractivity (Wildman–Crippen MR) is 84.5 cm³/mol. The fourth-order valence-electron chi connectivity index (χ4n) is 2.16. The van der Waals surface area contributed by atoms with E-state index in [1.54, 1.807) is 44.2 Å². The van der Waals surface area contributed by atoms with Gasteiger partial charge in [0.25, 0.3) is 5.91 Å². The van der Waals surface area contributed by atoms with Gasteiger partial charge in [0.2, 0.25) is 0 Å². The van der Waals surface area contributed by atoms with Gasteiger partial charge in [0, 0.05) is 0 Å². The summed E-state index contributed by atoms with van der Waals surface area (Å²) < 4.78 is 43.8. The van der Waals surface area contributed by atoms with Crippen molar-refractivity contribution in [3.63, 3.8) is 0 Å². The first-order valence-corrected chi connectivity index (χ1v) is 7.46. The van der Waals surface area contributed by atoms with Crippen molar-refractivity contribution in [3.8, 4) is 5.75 Å². The Hall–Kier alpha value is -2.50. The Balaban J connectivity index is 2.01. The molecular weight excluding hydrogens is 319 g/mol. The van der Waals surface area contributed by atoms with Gasteiger partial charge in [-0.15, -0.1) is 0 Å². The summed E-state index contributed by atoms with van der Waals surface area (Å²) in [5.74, 6) is 0.149. The molecule has 0 aliphatic heterocycles. The Bertz CT molecular complexity index is 686. The molecule has 2 rings (SSSR count). The van der Waals surface area contributed by atoms with E-state index in [0.717, 1.165) is 12.1 Å². The number of rotatable bonds is 5. The van der Waals surface area contributed by atoms with Crippen LogP contribution >= 0.6 is 0 Å². The third-order valence-corrected chi connectivity index (χ3v) is 3.50. The average Bonchev–Trinajstić information content (AvgIpc) is 2.55. The van der Waals surface area contributed by atoms with Crippen LogP contribution in [-0.4, -0.2) is 12.0 Å². The lowest BCUT2D eigenvalue weighted by molar-refractivity contribution is -0.137. The van der Waals surface area contributed by atoms with Gasteiger partial charge in [-0.1, -0.05) is 30.3 Å². The Morgan fingerprint density at radius 2 is 1.71 bits per heavy atom. The van der Waals surface area contributed by atoms with Crippen LogP contribution in [0.5, 0.6) is 5.75 Å². The number of halogens is 3. The van der Waals surface area contributed by atoms with Crippen molar-refractivity contribution >= 4 is 5.91 Å². The molecule has 128 valence electrons. The third-order valence-electron chi connectivity index (χ3n) is 3.50. The van der Waals surface area contributed by atoms with Gasteiger partial charge >= 0.3 is 6.18 Å². The van der Waals surface area contributed by atoms with Crippen molar-refractivity contribution in [1.29, 1.82) is 0 Å². The van der Waals surface area contributed by atoms with Crippen LogP contribution in [0.4, 0.5) is 13.2 Å². The normalized spacial score (nSPS) is 13.9.